The van der Waals surface area contributed by atoms with Gasteiger partial charge in [0.25, 0.3) is 0 Å². The van der Waals surface area contributed by atoms with Crippen LogP contribution in [0.1, 0.15) is 5.56 Å². The number of nitrogens with two attached hydrogens (primary N) is 1. The average molecular weight is 321 g/mol. The smallest absolute Gasteiger partial charge is 0.186 e. The summed E-state index contributed by atoms with van der Waals surface area (Å²) in [7, 11) is 1.64. The molecule has 0 bridgehead atoms. The van der Waals surface area contributed by atoms with Crippen molar-refractivity contribution in [3.63, 3.8) is 0 Å². The molecular weight excluding hydrogens is 308 g/mol. The molecule has 1 aromatic carbocycles. The van der Waals surface area contributed by atoms with Crippen LogP contribution in [0.5, 0.6) is 5.75 Å². The third-order valence-corrected chi connectivity index (χ3v) is 4.44. The highest BCUT2D eigenvalue weighted by atomic mass is 35.5. The van der Waals surface area contributed by atoms with Gasteiger partial charge < -0.3 is 15.0 Å². The maximum Gasteiger partial charge on any atom is 0.186 e. The molecule has 21 heavy (non-hydrogen) atoms. The first-order chi connectivity index (χ1) is 10.1. The third-order valence-electron chi connectivity index (χ3n) is 3.21. The monoisotopic (exact) mass is 320 g/mol. The van der Waals surface area contributed by atoms with E-state index in [1.54, 1.807) is 7.11 Å². The summed E-state index contributed by atoms with van der Waals surface area (Å²) in [5, 5.41) is 3.88. The molecule has 0 saturated carbocycles. The molecule has 3 rings (SSSR count). The fourth-order valence-electron chi connectivity index (χ4n) is 2.16. The minimum atomic E-state index is 0.348. The van der Waals surface area contributed by atoms with Gasteiger partial charge in [0.2, 0.25) is 0 Å². The summed E-state index contributed by atoms with van der Waals surface area (Å²) < 4.78 is 11.4. The zero-order valence-corrected chi connectivity index (χ0v) is 13.1. The Hall–Kier alpha value is -1.98. The second-order valence-electron chi connectivity index (χ2n) is 4.56. The minimum Gasteiger partial charge on any atom is -0.496 e. The summed E-state index contributed by atoms with van der Waals surface area (Å²) in [6.45, 7) is 1.99. The first kappa shape index (κ1) is 14.0. The SMILES string of the molecule is COc1cc(-c2c(N)noc2-c2ccc(Cl)s2)ccc1C. The van der Waals surface area contributed by atoms with Crippen molar-refractivity contribution in [2.75, 3.05) is 12.8 Å². The number of aromatic nitrogens is 1. The van der Waals surface area contributed by atoms with Crippen LogP contribution in [-0.2, 0) is 0 Å². The topological polar surface area (TPSA) is 61.3 Å². The average Bonchev–Trinajstić information content (AvgIpc) is 3.05. The Balaban J connectivity index is 2.17. The standard InChI is InChI=1S/C15H13ClN2O2S/c1-8-3-4-9(7-10(8)19-2)13-14(20-18-15(13)17)11-5-6-12(16)21-11/h3-7H,1-2H3,(H2,17,18). The van der Waals surface area contributed by atoms with Crippen LogP contribution >= 0.6 is 22.9 Å². The van der Waals surface area contributed by atoms with Crippen molar-refractivity contribution in [1.29, 1.82) is 0 Å². The molecular formula is C15H13ClN2O2S. The Morgan fingerprint density at radius 2 is 2.10 bits per heavy atom. The van der Waals surface area contributed by atoms with Crippen molar-refractivity contribution < 1.29 is 9.26 Å². The molecule has 0 amide bonds. The molecule has 0 radical (unpaired) electrons. The summed E-state index contributed by atoms with van der Waals surface area (Å²) in [6.07, 6.45) is 0. The lowest BCUT2D eigenvalue weighted by molar-refractivity contribution is 0.412. The predicted molar refractivity (Wildman–Crippen MR) is 86.0 cm³/mol. The van der Waals surface area contributed by atoms with E-state index in [1.165, 1.54) is 11.3 Å². The Morgan fingerprint density at radius 1 is 1.29 bits per heavy atom. The van der Waals surface area contributed by atoms with Gasteiger partial charge in [0.15, 0.2) is 11.6 Å². The molecule has 0 fully saturated rings. The molecule has 6 heteroatoms. The fraction of sp³-hybridized carbons (Fsp3) is 0.133. The molecule has 2 aromatic heterocycles. The fourth-order valence-corrected chi connectivity index (χ4v) is 3.19. The highest BCUT2D eigenvalue weighted by molar-refractivity contribution is 7.19. The number of thiophene rings is 1. The van der Waals surface area contributed by atoms with Crippen LogP contribution in [0.4, 0.5) is 5.82 Å². The number of halogens is 1. The van der Waals surface area contributed by atoms with Crippen molar-refractivity contribution in [3.8, 4) is 27.5 Å². The van der Waals surface area contributed by atoms with Crippen LogP contribution in [0, 0.1) is 6.92 Å². The van der Waals surface area contributed by atoms with E-state index in [-0.39, 0.29) is 0 Å². The second-order valence-corrected chi connectivity index (χ2v) is 6.28. The molecule has 0 aliphatic rings. The van der Waals surface area contributed by atoms with E-state index in [0.717, 1.165) is 27.3 Å². The van der Waals surface area contributed by atoms with Crippen molar-refractivity contribution in [2.45, 2.75) is 6.92 Å². The number of ether oxygens (including phenoxy) is 1. The van der Waals surface area contributed by atoms with E-state index in [9.17, 15) is 0 Å². The van der Waals surface area contributed by atoms with Gasteiger partial charge in [-0.25, -0.2) is 0 Å². The van der Waals surface area contributed by atoms with Crippen LogP contribution in [0.15, 0.2) is 34.9 Å². The number of aryl methyl sites for hydroxylation is 1. The number of rotatable bonds is 3. The summed E-state index contributed by atoms with van der Waals surface area (Å²) >= 11 is 7.41. The van der Waals surface area contributed by atoms with Gasteiger partial charge in [-0.15, -0.1) is 11.3 Å². The lowest BCUT2D eigenvalue weighted by Gasteiger charge is -2.07. The van der Waals surface area contributed by atoms with Crippen molar-refractivity contribution in [2.24, 2.45) is 0 Å². The summed E-state index contributed by atoms with van der Waals surface area (Å²) in [5.41, 5.74) is 8.68. The maximum atomic E-state index is 5.99. The van der Waals surface area contributed by atoms with Crippen LogP contribution in [-0.4, -0.2) is 12.3 Å². The van der Waals surface area contributed by atoms with Gasteiger partial charge in [0, 0.05) is 0 Å². The van der Waals surface area contributed by atoms with E-state index >= 15 is 0 Å². The highest BCUT2D eigenvalue weighted by Gasteiger charge is 2.19. The van der Waals surface area contributed by atoms with Gasteiger partial charge in [-0.05, 0) is 36.2 Å². The van der Waals surface area contributed by atoms with E-state index in [4.69, 9.17) is 26.6 Å². The van der Waals surface area contributed by atoms with Gasteiger partial charge in [-0.3, -0.25) is 0 Å². The number of hydrogen-bond acceptors (Lipinski definition) is 5. The molecule has 0 aliphatic carbocycles. The first-order valence-corrected chi connectivity index (χ1v) is 7.45. The molecule has 2 heterocycles. The Kier molecular flexibility index (Phi) is 3.61. The molecule has 0 spiro atoms. The highest BCUT2D eigenvalue weighted by Crippen LogP contribution is 2.41. The van der Waals surface area contributed by atoms with Crippen molar-refractivity contribution in [1.82, 2.24) is 5.16 Å². The van der Waals surface area contributed by atoms with Gasteiger partial charge in [0.05, 0.1) is 21.9 Å². The van der Waals surface area contributed by atoms with E-state index in [2.05, 4.69) is 5.16 Å². The zero-order valence-electron chi connectivity index (χ0n) is 11.5. The van der Waals surface area contributed by atoms with E-state index in [1.807, 2.05) is 37.3 Å². The van der Waals surface area contributed by atoms with Crippen molar-refractivity contribution >= 4 is 28.8 Å². The molecule has 0 aliphatic heterocycles. The van der Waals surface area contributed by atoms with Gasteiger partial charge in [-0.1, -0.05) is 28.9 Å². The van der Waals surface area contributed by atoms with Crippen LogP contribution in [0.3, 0.4) is 0 Å². The third kappa shape index (κ3) is 2.50. The number of anilines is 1. The summed E-state index contributed by atoms with van der Waals surface area (Å²) in [4.78, 5) is 0.888. The predicted octanol–water partition coefficient (Wildman–Crippen LogP) is 4.62. The van der Waals surface area contributed by atoms with Crippen LogP contribution in [0.2, 0.25) is 4.34 Å². The molecule has 108 valence electrons. The summed E-state index contributed by atoms with van der Waals surface area (Å²) in [5.74, 6) is 1.76. The Morgan fingerprint density at radius 3 is 2.76 bits per heavy atom. The first-order valence-electron chi connectivity index (χ1n) is 6.26. The number of hydrogen-bond donors (Lipinski definition) is 1. The zero-order chi connectivity index (χ0) is 15.0. The van der Waals surface area contributed by atoms with Crippen LogP contribution in [0.25, 0.3) is 21.8 Å². The van der Waals surface area contributed by atoms with E-state index < -0.39 is 0 Å². The van der Waals surface area contributed by atoms with Gasteiger partial charge in [-0.2, -0.15) is 0 Å². The van der Waals surface area contributed by atoms with Crippen LogP contribution < -0.4 is 10.5 Å². The lowest BCUT2D eigenvalue weighted by Crippen LogP contribution is -1.91. The minimum absolute atomic E-state index is 0.348. The number of nitrogens with zero attached hydrogens (tertiary/aromatic N) is 1. The number of methoxy groups -OCH3 is 1. The number of benzene rings is 1. The molecule has 4 nitrogen and oxygen atoms in total. The van der Waals surface area contributed by atoms with E-state index in [0.29, 0.717) is 15.9 Å². The largest absolute Gasteiger partial charge is 0.496 e. The molecule has 3 aromatic rings. The maximum absolute atomic E-state index is 5.99. The lowest BCUT2D eigenvalue weighted by atomic mass is 10.0. The normalized spacial score (nSPS) is 10.8. The molecule has 0 unspecified atom stereocenters. The molecule has 2 N–H and O–H groups in total. The van der Waals surface area contributed by atoms with Gasteiger partial charge in [0.1, 0.15) is 5.75 Å². The number of nitrogen functional groups attached to an aromatic ring is 1. The molecule has 0 saturated heterocycles. The van der Waals surface area contributed by atoms with Gasteiger partial charge >= 0.3 is 0 Å². The summed E-state index contributed by atoms with van der Waals surface area (Å²) in [6, 6.07) is 9.59. The quantitative estimate of drug-likeness (QED) is 0.764. The second kappa shape index (κ2) is 5.42. The molecule has 0 atom stereocenters. The Labute approximate surface area is 131 Å². The Bertz CT molecular complexity index is 795. The van der Waals surface area contributed by atoms with Crippen molar-refractivity contribution in [3.05, 3.63) is 40.2 Å².